The number of primary amides is 1. The zero-order chi connectivity index (χ0) is 9.97. The summed E-state index contributed by atoms with van der Waals surface area (Å²) >= 11 is 1.55. The molecule has 0 saturated carbocycles. The molecule has 70 valence electrons. The predicted molar refractivity (Wildman–Crippen MR) is 53.9 cm³/mol. The molecule has 0 saturated heterocycles. The quantitative estimate of drug-likeness (QED) is 0.803. The summed E-state index contributed by atoms with van der Waals surface area (Å²) in [6.45, 7) is 0. The number of carbonyl (C=O) groups excluding carboxylic acids is 1. The van der Waals surface area contributed by atoms with Crippen LogP contribution in [0.3, 0.4) is 0 Å². The fourth-order valence-electron chi connectivity index (χ4n) is 1.03. The summed E-state index contributed by atoms with van der Waals surface area (Å²) in [6.07, 6.45) is 1.53. The molecule has 0 aromatic carbocycles. The summed E-state index contributed by atoms with van der Waals surface area (Å²) in [5, 5.41) is 3.84. The first-order valence-electron chi connectivity index (χ1n) is 3.93. The highest BCUT2D eigenvalue weighted by Crippen LogP contribution is 2.17. The van der Waals surface area contributed by atoms with Crippen molar-refractivity contribution in [3.63, 3.8) is 0 Å². The Hall–Kier alpha value is -1.75. The van der Waals surface area contributed by atoms with Gasteiger partial charge in [0.25, 0.3) is 5.91 Å². The summed E-state index contributed by atoms with van der Waals surface area (Å²) < 4.78 is 0. The van der Waals surface area contributed by atoms with Gasteiger partial charge in [-0.25, -0.2) is 9.97 Å². The van der Waals surface area contributed by atoms with E-state index in [9.17, 15) is 4.79 Å². The van der Waals surface area contributed by atoms with Crippen LogP contribution >= 0.6 is 11.3 Å². The van der Waals surface area contributed by atoms with Gasteiger partial charge in [0.2, 0.25) is 0 Å². The van der Waals surface area contributed by atoms with Crippen molar-refractivity contribution in [3.8, 4) is 11.4 Å². The highest BCUT2D eigenvalue weighted by Gasteiger charge is 2.05. The molecular formula is C9H7N3OS. The molecule has 14 heavy (non-hydrogen) atoms. The molecule has 0 radical (unpaired) electrons. The molecule has 2 aromatic rings. The number of rotatable bonds is 2. The molecule has 0 fully saturated rings. The SMILES string of the molecule is NC(=O)c1ccnc(-c2ccsc2)n1. The largest absolute Gasteiger partial charge is 0.364 e. The lowest BCUT2D eigenvalue weighted by Crippen LogP contribution is -2.13. The summed E-state index contributed by atoms with van der Waals surface area (Å²) in [7, 11) is 0. The van der Waals surface area contributed by atoms with Crippen molar-refractivity contribution in [2.45, 2.75) is 0 Å². The Balaban J connectivity index is 2.46. The van der Waals surface area contributed by atoms with Gasteiger partial charge >= 0.3 is 0 Å². The number of thiophene rings is 1. The lowest BCUT2D eigenvalue weighted by molar-refractivity contribution is 0.0995. The first-order chi connectivity index (χ1) is 6.77. The number of nitrogens with zero attached hydrogens (tertiary/aromatic N) is 2. The van der Waals surface area contributed by atoms with E-state index in [0.717, 1.165) is 5.56 Å². The van der Waals surface area contributed by atoms with Gasteiger partial charge in [-0.05, 0) is 17.5 Å². The highest BCUT2D eigenvalue weighted by molar-refractivity contribution is 7.08. The number of carbonyl (C=O) groups is 1. The van der Waals surface area contributed by atoms with Crippen LogP contribution in [0.4, 0.5) is 0 Å². The van der Waals surface area contributed by atoms with E-state index in [4.69, 9.17) is 5.73 Å². The van der Waals surface area contributed by atoms with Gasteiger partial charge in [-0.3, -0.25) is 4.79 Å². The van der Waals surface area contributed by atoms with E-state index >= 15 is 0 Å². The number of nitrogens with two attached hydrogens (primary N) is 1. The molecule has 2 heterocycles. The second kappa shape index (κ2) is 3.55. The Kier molecular flexibility index (Phi) is 2.24. The Morgan fingerprint density at radius 1 is 1.43 bits per heavy atom. The third-order valence-corrected chi connectivity index (χ3v) is 2.37. The summed E-state index contributed by atoms with van der Waals surface area (Å²) in [5.74, 6) is -0.00794. The van der Waals surface area contributed by atoms with Crippen molar-refractivity contribution in [2.75, 3.05) is 0 Å². The average molecular weight is 205 g/mol. The van der Waals surface area contributed by atoms with Gasteiger partial charge in [-0.15, -0.1) is 0 Å². The summed E-state index contributed by atoms with van der Waals surface area (Å²) in [4.78, 5) is 18.9. The first kappa shape index (κ1) is 8.83. The zero-order valence-corrected chi connectivity index (χ0v) is 7.99. The van der Waals surface area contributed by atoms with Crippen molar-refractivity contribution < 1.29 is 4.79 Å². The van der Waals surface area contributed by atoms with Crippen molar-refractivity contribution in [1.82, 2.24) is 9.97 Å². The summed E-state index contributed by atoms with van der Waals surface area (Å²) in [6, 6.07) is 3.39. The predicted octanol–water partition coefficient (Wildman–Crippen LogP) is 1.30. The van der Waals surface area contributed by atoms with Crippen molar-refractivity contribution in [3.05, 3.63) is 34.8 Å². The van der Waals surface area contributed by atoms with E-state index < -0.39 is 5.91 Å². The molecule has 2 rings (SSSR count). The Morgan fingerprint density at radius 3 is 2.93 bits per heavy atom. The molecule has 0 unspecified atom stereocenters. The van der Waals surface area contributed by atoms with E-state index in [-0.39, 0.29) is 5.69 Å². The van der Waals surface area contributed by atoms with Crippen LogP contribution in [0.1, 0.15) is 10.5 Å². The topological polar surface area (TPSA) is 68.9 Å². The number of aromatic nitrogens is 2. The lowest BCUT2D eigenvalue weighted by atomic mass is 10.3. The molecule has 5 heteroatoms. The van der Waals surface area contributed by atoms with Gasteiger partial charge in [-0.1, -0.05) is 0 Å². The highest BCUT2D eigenvalue weighted by atomic mass is 32.1. The molecule has 1 amide bonds. The van der Waals surface area contributed by atoms with Crippen molar-refractivity contribution in [2.24, 2.45) is 5.73 Å². The maximum Gasteiger partial charge on any atom is 0.267 e. The van der Waals surface area contributed by atoms with Gasteiger partial charge < -0.3 is 5.73 Å². The Morgan fingerprint density at radius 2 is 2.29 bits per heavy atom. The third kappa shape index (κ3) is 1.62. The fraction of sp³-hybridized carbons (Fsp3) is 0. The smallest absolute Gasteiger partial charge is 0.267 e. The zero-order valence-electron chi connectivity index (χ0n) is 7.18. The second-order valence-electron chi connectivity index (χ2n) is 2.64. The van der Waals surface area contributed by atoms with Crippen LogP contribution in [0.25, 0.3) is 11.4 Å². The normalized spacial score (nSPS) is 10.0. The molecule has 0 aliphatic carbocycles. The third-order valence-electron chi connectivity index (χ3n) is 1.69. The molecule has 0 atom stereocenters. The molecule has 2 N–H and O–H groups in total. The molecular weight excluding hydrogens is 198 g/mol. The van der Waals surface area contributed by atoms with Gasteiger partial charge in [0.1, 0.15) is 5.69 Å². The van der Waals surface area contributed by atoms with Crippen molar-refractivity contribution in [1.29, 1.82) is 0 Å². The van der Waals surface area contributed by atoms with Crippen LogP contribution in [0.15, 0.2) is 29.1 Å². The second-order valence-corrected chi connectivity index (χ2v) is 3.42. The van der Waals surface area contributed by atoms with E-state index in [1.807, 2.05) is 16.8 Å². The van der Waals surface area contributed by atoms with Gasteiger partial charge in [0.05, 0.1) is 0 Å². The van der Waals surface area contributed by atoms with Crippen LogP contribution in [-0.2, 0) is 0 Å². The minimum absolute atomic E-state index is 0.237. The van der Waals surface area contributed by atoms with E-state index in [1.165, 1.54) is 12.3 Å². The van der Waals surface area contributed by atoms with Crippen LogP contribution in [0, 0.1) is 0 Å². The van der Waals surface area contributed by atoms with E-state index in [0.29, 0.717) is 5.82 Å². The van der Waals surface area contributed by atoms with Crippen LogP contribution in [0.2, 0.25) is 0 Å². The fourth-order valence-corrected chi connectivity index (χ4v) is 1.66. The monoisotopic (exact) mass is 205 g/mol. The van der Waals surface area contributed by atoms with Gasteiger partial charge in [-0.2, -0.15) is 11.3 Å². The van der Waals surface area contributed by atoms with Crippen molar-refractivity contribution >= 4 is 17.2 Å². The van der Waals surface area contributed by atoms with Crippen LogP contribution in [-0.4, -0.2) is 15.9 Å². The first-order valence-corrected chi connectivity index (χ1v) is 4.87. The molecule has 0 aliphatic rings. The molecule has 2 aromatic heterocycles. The molecule has 0 spiro atoms. The minimum Gasteiger partial charge on any atom is -0.364 e. The number of amides is 1. The maximum absolute atomic E-state index is 10.9. The number of hydrogen-bond donors (Lipinski definition) is 1. The Labute approximate surface area is 84.4 Å². The van der Waals surface area contributed by atoms with E-state index in [2.05, 4.69) is 9.97 Å². The van der Waals surface area contributed by atoms with Gasteiger partial charge in [0.15, 0.2) is 5.82 Å². The summed E-state index contributed by atoms with van der Waals surface area (Å²) in [5.41, 5.74) is 6.25. The average Bonchev–Trinajstić information content (AvgIpc) is 2.71. The van der Waals surface area contributed by atoms with Crippen LogP contribution < -0.4 is 5.73 Å². The standard InChI is InChI=1S/C9H7N3OS/c10-8(13)7-1-3-11-9(12-7)6-2-4-14-5-6/h1-5H,(H2,10,13). The maximum atomic E-state index is 10.9. The minimum atomic E-state index is -0.538. The molecule has 0 bridgehead atoms. The lowest BCUT2D eigenvalue weighted by Gasteiger charge is -1.97. The molecule has 0 aliphatic heterocycles. The van der Waals surface area contributed by atoms with E-state index in [1.54, 1.807) is 11.3 Å². The molecule has 4 nitrogen and oxygen atoms in total. The van der Waals surface area contributed by atoms with Gasteiger partial charge in [0, 0.05) is 17.1 Å². The Bertz CT molecular complexity index is 453. The van der Waals surface area contributed by atoms with Crippen LogP contribution in [0.5, 0.6) is 0 Å². The number of hydrogen-bond acceptors (Lipinski definition) is 4.